The number of halogens is 3. The normalized spacial score (nSPS) is 11.5. The fraction of sp³-hybridized carbons (Fsp3) is 0.179. The van der Waals surface area contributed by atoms with E-state index in [1.807, 2.05) is 42.5 Å². The van der Waals surface area contributed by atoms with Crippen LogP contribution in [0.4, 0.5) is 19.0 Å². The van der Waals surface area contributed by atoms with Gasteiger partial charge in [-0.15, -0.1) is 0 Å². The molecule has 33 heavy (non-hydrogen) atoms. The molecule has 0 saturated carbocycles. The molecule has 0 amide bonds. The summed E-state index contributed by atoms with van der Waals surface area (Å²) < 4.78 is 41.0. The summed E-state index contributed by atoms with van der Waals surface area (Å²) in [5.41, 5.74) is 2.43. The van der Waals surface area contributed by atoms with Gasteiger partial charge in [0.15, 0.2) is 0 Å². The lowest BCUT2D eigenvalue weighted by molar-refractivity contribution is -0.137. The number of benzene rings is 3. The molecule has 0 aliphatic heterocycles. The molecule has 0 spiro atoms. The van der Waals surface area contributed by atoms with Crippen molar-refractivity contribution >= 4 is 22.3 Å². The number of aromatic nitrogens is 1. The molecule has 5 heteroatoms. The molecule has 3 aromatic carbocycles. The van der Waals surface area contributed by atoms with Crippen molar-refractivity contribution in [3.63, 3.8) is 0 Å². The molecule has 0 bridgehead atoms. The average Bonchev–Trinajstić information content (AvgIpc) is 2.82. The van der Waals surface area contributed by atoms with Crippen molar-refractivity contribution in [2.45, 2.75) is 32.4 Å². The number of fused-ring (bicyclic) bond motifs is 1. The summed E-state index contributed by atoms with van der Waals surface area (Å²) in [5, 5.41) is 4.92. The summed E-state index contributed by atoms with van der Waals surface area (Å²) in [7, 11) is 0. The molecule has 4 aromatic rings. The van der Waals surface area contributed by atoms with Crippen molar-refractivity contribution in [1.29, 1.82) is 0 Å². The van der Waals surface area contributed by atoms with Crippen LogP contribution in [0, 0.1) is 0 Å². The van der Waals surface area contributed by atoms with Gasteiger partial charge in [0, 0.05) is 22.2 Å². The fourth-order valence-corrected chi connectivity index (χ4v) is 4.00. The van der Waals surface area contributed by atoms with Crippen LogP contribution < -0.4 is 5.32 Å². The SMILES string of the molecule is C=C(Nc1nc(-c2ccccc2C(F)(F)F)cc2ccccc12)c1ccccc1CCCC. The molecule has 168 valence electrons. The molecule has 0 atom stereocenters. The van der Waals surface area contributed by atoms with Gasteiger partial charge in [0.1, 0.15) is 5.82 Å². The maximum absolute atomic E-state index is 13.7. The van der Waals surface area contributed by atoms with Crippen LogP contribution in [0.1, 0.15) is 36.5 Å². The summed E-state index contributed by atoms with van der Waals surface area (Å²) in [6.07, 6.45) is -1.39. The summed E-state index contributed by atoms with van der Waals surface area (Å²) >= 11 is 0. The first-order valence-electron chi connectivity index (χ1n) is 11.0. The first-order chi connectivity index (χ1) is 15.9. The number of rotatable bonds is 7. The highest BCUT2D eigenvalue weighted by molar-refractivity contribution is 5.97. The van der Waals surface area contributed by atoms with E-state index in [4.69, 9.17) is 0 Å². The lowest BCUT2D eigenvalue weighted by atomic mass is 9.99. The lowest BCUT2D eigenvalue weighted by Gasteiger charge is -2.17. The Morgan fingerprint density at radius 2 is 1.64 bits per heavy atom. The number of hydrogen-bond acceptors (Lipinski definition) is 2. The average molecular weight is 447 g/mol. The second kappa shape index (κ2) is 9.49. The van der Waals surface area contributed by atoms with Crippen molar-refractivity contribution in [1.82, 2.24) is 4.98 Å². The second-order valence-corrected chi connectivity index (χ2v) is 7.98. The van der Waals surface area contributed by atoms with Crippen molar-refractivity contribution in [2.24, 2.45) is 0 Å². The Bertz CT molecular complexity index is 1290. The second-order valence-electron chi connectivity index (χ2n) is 7.98. The molecule has 1 heterocycles. The standard InChI is InChI=1S/C28H25F3N2/c1-3-4-11-20-12-5-7-14-22(20)19(2)32-27-23-15-8-6-13-21(23)18-26(33-27)24-16-9-10-17-25(24)28(29,30)31/h5-10,12-18H,2-4,11H2,1H3,(H,32,33). The molecule has 2 nitrogen and oxygen atoms in total. The molecule has 1 aromatic heterocycles. The topological polar surface area (TPSA) is 24.9 Å². The molecule has 4 rings (SSSR count). The Morgan fingerprint density at radius 3 is 2.42 bits per heavy atom. The zero-order chi connectivity index (χ0) is 23.4. The van der Waals surface area contributed by atoms with E-state index in [1.165, 1.54) is 17.7 Å². The molecule has 0 radical (unpaired) electrons. The van der Waals surface area contributed by atoms with Gasteiger partial charge in [-0.1, -0.05) is 86.7 Å². The summed E-state index contributed by atoms with van der Waals surface area (Å²) in [6.45, 7) is 6.37. The van der Waals surface area contributed by atoms with Crippen LogP contribution in [0.25, 0.3) is 27.7 Å². The van der Waals surface area contributed by atoms with Crippen LogP contribution >= 0.6 is 0 Å². The van der Waals surface area contributed by atoms with Crippen LogP contribution in [0.2, 0.25) is 0 Å². The number of anilines is 1. The fourth-order valence-electron chi connectivity index (χ4n) is 4.00. The van der Waals surface area contributed by atoms with Gasteiger partial charge >= 0.3 is 6.18 Å². The van der Waals surface area contributed by atoms with Crippen LogP contribution in [0.5, 0.6) is 0 Å². The Hall–Kier alpha value is -3.60. The minimum Gasteiger partial charge on any atom is -0.340 e. The largest absolute Gasteiger partial charge is 0.417 e. The van der Waals surface area contributed by atoms with Crippen molar-refractivity contribution < 1.29 is 13.2 Å². The molecule has 1 N–H and O–H groups in total. The first kappa shape index (κ1) is 22.6. The maximum Gasteiger partial charge on any atom is 0.417 e. The number of hydrogen-bond donors (Lipinski definition) is 1. The lowest BCUT2D eigenvalue weighted by Crippen LogP contribution is -2.08. The first-order valence-corrected chi connectivity index (χ1v) is 11.0. The van der Waals surface area contributed by atoms with Crippen molar-refractivity contribution in [3.8, 4) is 11.3 Å². The predicted octanol–water partition coefficient (Wildman–Crippen LogP) is 8.35. The third-order valence-electron chi connectivity index (χ3n) is 5.66. The van der Waals surface area contributed by atoms with Crippen molar-refractivity contribution in [3.05, 3.63) is 102 Å². The Labute approximate surface area is 191 Å². The molecule has 0 aliphatic carbocycles. The molecular formula is C28H25F3N2. The quantitative estimate of drug-likeness (QED) is 0.309. The highest BCUT2D eigenvalue weighted by Crippen LogP contribution is 2.38. The van der Waals surface area contributed by atoms with Crippen LogP contribution in [0.15, 0.2) is 85.4 Å². The number of nitrogens with zero attached hydrogens (tertiary/aromatic N) is 1. The van der Waals surface area contributed by atoms with E-state index in [1.54, 1.807) is 12.1 Å². The van der Waals surface area contributed by atoms with Gasteiger partial charge in [-0.25, -0.2) is 4.98 Å². The van der Waals surface area contributed by atoms with E-state index in [2.05, 4.69) is 29.9 Å². The maximum atomic E-state index is 13.7. The number of aryl methyl sites for hydroxylation is 1. The molecule has 0 saturated heterocycles. The smallest absolute Gasteiger partial charge is 0.340 e. The van der Waals surface area contributed by atoms with Gasteiger partial charge in [0.2, 0.25) is 0 Å². The van der Waals surface area contributed by atoms with E-state index >= 15 is 0 Å². The minimum atomic E-state index is -4.47. The zero-order valence-electron chi connectivity index (χ0n) is 18.4. The third-order valence-corrected chi connectivity index (χ3v) is 5.66. The van der Waals surface area contributed by atoms with E-state index in [-0.39, 0.29) is 11.3 Å². The van der Waals surface area contributed by atoms with Gasteiger partial charge in [0.25, 0.3) is 0 Å². The van der Waals surface area contributed by atoms with Gasteiger partial charge < -0.3 is 5.32 Å². The van der Waals surface area contributed by atoms with Crippen LogP contribution in [-0.4, -0.2) is 4.98 Å². The highest BCUT2D eigenvalue weighted by Gasteiger charge is 2.33. The molecule has 0 fully saturated rings. The predicted molar refractivity (Wildman–Crippen MR) is 130 cm³/mol. The Balaban J connectivity index is 1.80. The molecular weight excluding hydrogens is 421 g/mol. The Morgan fingerprint density at radius 1 is 0.939 bits per heavy atom. The number of unbranched alkanes of at least 4 members (excludes halogenated alkanes) is 1. The van der Waals surface area contributed by atoms with Crippen LogP contribution in [0.3, 0.4) is 0 Å². The van der Waals surface area contributed by atoms with Crippen LogP contribution in [-0.2, 0) is 12.6 Å². The molecule has 0 unspecified atom stereocenters. The van der Waals surface area contributed by atoms with Crippen molar-refractivity contribution in [2.75, 3.05) is 5.32 Å². The van der Waals surface area contributed by atoms with Gasteiger partial charge in [-0.05, 0) is 35.9 Å². The minimum absolute atomic E-state index is 0.0489. The number of pyridine rings is 1. The van der Waals surface area contributed by atoms with E-state index < -0.39 is 11.7 Å². The highest BCUT2D eigenvalue weighted by atomic mass is 19.4. The Kier molecular flexibility index (Phi) is 6.50. The van der Waals surface area contributed by atoms with Gasteiger partial charge in [0.05, 0.1) is 11.3 Å². The summed E-state index contributed by atoms with van der Waals surface area (Å²) in [5.74, 6) is 0.482. The van der Waals surface area contributed by atoms with E-state index in [0.29, 0.717) is 11.5 Å². The molecule has 0 aliphatic rings. The monoisotopic (exact) mass is 446 g/mol. The van der Waals surface area contributed by atoms with Gasteiger partial charge in [-0.3, -0.25) is 0 Å². The third kappa shape index (κ3) is 4.92. The van der Waals surface area contributed by atoms with Gasteiger partial charge in [-0.2, -0.15) is 13.2 Å². The summed E-state index contributed by atoms with van der Waals surface area (Å²) in [6, 6.07) is 22.8. The summed E-state index contributed by atoms with van der Waals surface area (Å²) in [4.78, 5) is 4.63. The van der Waals surface area contributed by atoms with E-state index in [0.717, 1.165) is 41.7 Å². The number of nitrogens with one attached hydrogen (secondary N) is 1. The van der Waals surface area contributed by atoms with E-state index in [9.17, 15) is 13.2 Å². The number of alkyl halides is 3. The zero-order valence-corrected chi connectivity index (χ0v) is 18.4.